The van der Waals surface area contributed by atoms with E-state index in [0.717, 1.165) is 0 Å². The Morgan fingerprint density at radius 3 is 1.33 bits per heavy atom. The van der Waals surface area contributed by atoms with Crippen LogP contribution in [0.4, 0.5) is 0 Å². The molecule has 24 heavy (non-hydrogen) atoms. The molecular weight excluding hydrogens is 304 g/mol. The smallest absolute Gasteiger partial charge is 0.285 e. The Morgan fingerprint density at radius 2 is 1.00 bits per heavy atom. The number of aromatic nitrogens is 2. The van der Waals surface area contributed by atoms with E-state index in [1.807, 2.05) is 24.3 Å². The van der Waals surface area contributed by atoms with Gasteiger partial charge in [-0.25, -0.2) is 0 Å². The van der Waals surface area contributed by atoms with Crippen LogP contribution in [-0.2, 0) is 0 Å². The Morgan fingerprint density at radius 1 is 0.625 bits per heavy atom. The molecule has 1 heterocycles. The van der Waals surface area contributed by atoms with Crippen molar-refractivity contribution in [2.75, 3.05) is 0 Å². The lowest BCUT2D eigenvalue weighted by molar-refractivity contribution is 0.390. The van der Waals surface area contributed by atoms with Gasteiger partial charge in [0, 0.05) is 0 Å². The van der Waals surface area contributed by atoms with Crippen molar-refractivity contribution in [2.24, 2.45) is 0 Å². The molecule has 0 fully saturated rings. The van der Waals surface area contributed by atoms with Crippen LogP contribution in [0.25, 0.3) is 0 Å². The highest BCUT2D eigenvalue weighted by Gasteiger charge is 2.17. The van der Waals surface area contributed by atoms with Gasteiger partial charge in [-0.05, 0) is 24.3 Å². The fraction of sp³-hybridized carbons (Fsp3) is 0. The zero-order valence-electron chi connectivity index (χ0n) is 12.4. The van der Waals surface area contributed by atoms with Crippen LogP contribution in [0.2, 0.25) is 0 Å². The van der Waals surface area contributed by atoms with Crippen LogP contribution in [0.5, 0.6) is 23.3 Å². The van der Waals surface area contributed by atoms with E-state index in [-0.39, 0.29) is 23.1 Å². The highest BCUT2D eigenvalue weighted by Crippen LogP contribution is 2.32. The van der Waals surface area contributed by atoms with Gasteiger partial charge in [-0.1, -0.05) is 36.4 Å². The molecule has 0 spiro atoms. The van der Waals surface area contributed by atoms with Gasteiger partial charge in [0.25, 0.3) is 11.8 Å². The van der Waals surface area contributed by atoms with Crippen molar-refractivity contribution in [1.29, 1.82) is 10.5 Å². The molecule has 0 atom stereocenters. The van der Waals surface area contributed by atoms with E-state index in [1.54, 1.807) is 48.5 Å². The molecule has 2 aromatic carbocycles. The maximum absolute atomic E-state index is 9.12. The molecule has 1 aromatic heterocycles. The number of benzene rings is 2. The van der Waals surface area contributed by atoms with Gasteiger partial charge in [0.1, 0.15) is 23.6 Å². The SMILES string of the molecule is N#Cc1nc(Oc2ccccc2)c(Oc2ccccc2)nc1C#N. The summed E-state index contributed by atoms with van der Waals surface area (Å²) in [7, 11) is 0. The zero-order chi connectivity index (χ0) is 16.8. The molecule has 0 saturated heterocycles. The quantitative estimate of drug-likeness (QED) is 0.727. The summed E-state index contributed by atoms with van der Waals surface area (Å²) in [6.07, 6.45) is 0. The molecule has 0 bridgehead atoms. The van der Waals surface area contributed by atoms with Crippen LogP contribution in [0.3, 0.4) is 0 Å². The summed E-state index contributed by atoms with van der Waals surface area (Å²) in [4.78, 5) is 8.12. The van der Waals surface area contributed by atoms with E-state index in [2.05, 4.69) is 9.97 Å². The maximum Gasteiger partial charge on any atom is 0.285 e. The summed E-state index contributed by atoms with van der Waals surface area (Å²) in [6.45, 7) is 0. The molecule has 0 amide bonds. The number of para-hydroxylation sites is 2. The van der Waals surface area contributed by atoms with Gasteiger partial charge in [0.2, 0.25) is 0 Å². The third-order valence-electron chi connectivity index (χ3n) is 2.96. The molecule has 0 aliphatic rings. The maximum atomic E-state index is 9.12. The molecule has 0 unspecified atom stereocenters. The van der Waals surface area contributed by atoms with Crippen molar-refractivity contribution in [3.8, 4) is 35.4 Å². The standard InChI is InChI=1S/C18H10N4O2/c19-11-15-16(12-20)22-18(24-14-9-5-2-6-10-14)17(21-15)23-13-7-3-1-4-8-13/h1-10H. The number of hydrogen-bond donors (Lipinski definition) is 0. The van der Waals surface area contributed by atoms with Gasteiger partial charge in [-0.2, -0.15) is 20.5 Å². The van der Waals surface area contributed by atoms with Crippen molar-refractivity contribution in [3.63, 3.8) is 0 Å². The Labute approximate surface area is 138 Å². The van der Waals surface area contributed by atoms with Gasteiger partial charge in [0.15, 0.2) is 11.4 Å². The average molecular weight is 314 g/mol. The summed E-state index contributed by atoms with van der Waals surface area (Å²) in [6, 6.07) is 21.5. The molecule has 0 N–H and O–H groups in total. The number of nitriles is 2. The molecule has 6 nitrogen and oxygen atoms in total. The fourth-order valence-corrected chi connectivity index (χ4v) is 1.89. The van der Waals surface area contributed by atoms with Crippen LogP contribution >= 0.6 is 0 Å². The lowest BCUT2D eigenvalue weighted by atomic mass is 10.3. The third-order valence-corrected chi connectivity index (χ3v) is 2.96. The summed E-state index contributed by atoms with van der Waals surface area (Å²) < 4.78 is 11.3. The van der Waals surface area contributed by atoms with E-state index in [0.29, 0.717) is 11.5 Å². The monoisotopic (exact) mass is 314 g/mol. The second kappa shape index (κ2) is 6.91. The first-order chi connectivity index (χ1) is 11.8. The molecule has 6 heteroatoms. The zero-order valence-corrected chi connectivity index (χ0v) is 12.4. The lowest BCUT2D eigenvalue weighted by Gasteiger charge is -2.11. The van der Waals surface area contributed by atoms with E-state index < -0.39 is 0 Å². The van der Waals surface area contributed by atoms with Gasteiger partial charge in [-0.15, -0.1) is 0 Å². The molecule has 0 saturated carbocycles. The Hall–Kier alpha value is -3.90. The van der Waals surface area contributed by atoms with Crippen LogP contribution < -0.4 is 9.47 Å². The van der Waals surface area contributed by atoms with Crippen LogP contribution in [-0.4, -0.2) is 9.97 Å². The van der Waals surface area contributed by atoms with E-state index in [4.69, 9.17) is 20.0 Å². The van der Waals surface area contributed by atoms with Gasteiger partial charge < -0.3 is 9.47 Å². The Balaban J connectivity index is 2.04. The molecule has 3 aromatic rings. The van der Waals surface area contributed by atoms with E-state index in [1.165, 1.54) is 0 Å². The lowest BCUT2D eigenvalue weighted by Crippen LogP contribution is -2.01. The first-order valence-corrected chi connectivity index (χ1v) is 6.98. The number of rotatable bonds is 4. The molecular formula is C18H10N4O2. The van der Waals surface area contributed by atoms with Crippen molar-refractivity contribution in [2.45, 2.75) is 0 Å². The number of ether oxygens (including phenoxy) is 2. The minimum atomic E-state index is -0.121. The molecule has 114 valence electrons. The van der Waals surface area contributed by atoms with Crippen molar-refractivity contribution >= 4 is 0 Å². The molecule has 0 radical (unpaired) electrons. The summed E-state index contributed by atoms with van der Waals surface area (Å²) in [5.41, 5.74) is -0.243. The Bertz CT molecular complexity index is 850. The second-order valence-corrected chi connectivity index (χ2v) is 4.58. The van der Waals surface area contributed by atoms with Crippen molar-refractivity contribution in [3.05, 3.63) is 72.1 Å². The predicted molar refractivity (Wildman–Crippen MR) is 84.5 cm³/mol. The Kier molecular flexibility index (Phi) is 4.32. The largest absolute Gasteiger partial charge is 0.435 e. The van der Waals surface area contributed by atoms with E-state index >= 15 is 0 Å². The van der Waals surface area contributed by atoms with Gasteiger partial charge in [-0.3, -0.25) is 0 Å². The topological polar surface area (TPSA) is 91.8 Å². The normalized spacial score (nSPS) is 9.58. The number of hydrogen-bond acceptors (Lipinski definition) is 6. The van der Waals surface area contributed by atoms with Crippen LogP contribution in [0.15, 0.2) is 60.7 Å². The van der Waals surface area contributed by atoms with Crippen molar-refractivity contribution in [1.82, 2.24) is 9.97 Å². The summed E-state index contributed by atoms with van der Waals surface area (Å²) >= 11 is 0. The molecule has 0 aliphatic carbocycles. The first-order valence-electron chi connectivity index (χ1n) is 6.98. The summed E-state index contributed by atoms with van der Waals surface area (Å²) in [5, 5.41) is 18.2. The van der Waals surface area contributed by atoms with Crippen LogP contribution in [0.1, 0.15) is 11.4 Å². The van der Waals surface area contributed by atoms with Crippen molar-refractivity contribution < 1.29 is 9.47 Å². The highest BCUT2D eigenvalue weighted by molar-refractivity contribution is 5.44. The third kappa shape index (κ3) is 3.29. The highest BCUT2D eigenvalue weighted by atomic mass is 16.5. The van der Waals surface area contributed by atoms with Gasteiger partial charge >= 0.3 is 0 Å². The average Bonchev–Trinajstić information content (AvgIpc) is 2.64. The fourth-order valence-electron chi connectivity index (χ4n) is 1.89. The van der Waals surface area contributed by atoms with E-state index in [9.17, 15) is 0 Å². The van der Waals surface area contributed by atoms with Crippen LogP contribution in [0, 0.1) is 22.7 Å². The first kappa shape index (κ1) is 15.0. The summed E-state index contributed by atoms with van der Waals surface area (Å²) in [5.74, 6) is 1.05. The number of nitrogens with zero attached hydrogens (tertiary/aromatic N) is 4. The predicted octanol–water partition coefficient (Wildman–Crippen LogP) is 3.80. The minimum absolute atomic E-state index is 0.0144. The minimum Gasteiger partial charge on any atom is -0.435 e. The second-order valence-electron chi connectivity index (χ2n) is 4.58. The van der Waals surface area contributed by atoms with Gasteiger partial charge in [0.05, 0.1) is 0 Å². The molecule has 3 rings (SSSR count). The molecule has 0 aliphatic heterocycles.